The number of aliphatic carboxylic acids is 1. The molecule has 0 amide bonds. The number of rotatable bonds is 3. The minimum atomic E-state index is -0.967. The summed E-state index contributed by atoms with van der Waals surface area (Å²) in [5.74, 6) is -0.967. The van der Waals surface area contributed by atoms with Gasteiger partial charge in [-0.05, 0) is 30.8 Å². The van der Waals surface area contributed by atoms with Crippen LogP contribution in [-0.2, 0) is 4.79 Å². The van der Waals surface area contributed by atoms with Crippen molar-refractivity contribution in [2.24, 2.45) is 0 Å². The van der Waals surface area contributed by atoms with Crippen LogP contribution >= 0.6 is 12.2 Å². The van der Waals surface area contributed by atoms with Crippen molar-refractivity contribution in [2.45, 2.75) is 19.4 Å². The zero-order chi connectivity index (χ0) is 13.3. The summed E-state index contributed by atoms with van der Waals surface area (Å²) in [6, 6.07) is 6.05. The maximum atomic E-state index is 11.7. The van der Waals surface area contributed by atoms with Crippen molar-refractivity contribution in [3.05, 3.63) is 39.4 Å². The van der Waals surface area contributed by atoms with E-state index >= 15 is 0 Å². The maximum Gasteiger partial charge on any atom is 0.326 e. The van der Waals surface area contributed by atoms with Crippen molar-refractivity contribution >= 4 is 29.1 Å². The highest BCUT2D eigenvalue weighted by Gasteiger charge is 2.20. The van der Waals surface area contributed by atoms with Crippen LogP contribution in [0.5, 0.6) is 0 Å². The SMILES string of the molecule is CCC(C(=O)O)n1c(=S)[nH]c(=O)c2ccccc21. The second-order valence-electron chi connectivity index (χ2n) is 3.91. The number of carboxylic acid groups (broad SMARTS) is 1. The summed E-state index contributed by atoms with van der Waals surface area (Å²) in [5, 5.41) is 9.66. The molecule has 94 valence electrons. The summed E-state index contributed by atoms with van der Waals surface area (Å²) >= 11 is 5.07. The first-order valence-electron chi connectivity index (χ1n) is 5.52. The van der Waals surface area contributed by atoms with Crippen LogP contribution in [0.15, 0.2) is 29.1 Å². The van der Waals surface area contributed by atoms with E-state index in [4.69, 9.17) is 12.2 Å². The summed E-state index contributed by atoms with van der Waals surface area (Å²) in [7, 11) is 0. The van der Waals surface area contributed by atoms with Gasteiger partial charge in [0.1, 0.15) is 6.04 Å². The molecule has 2 N–H and O–H groups in total. The van der Waals surface area contributed by atoms with Gasteiger partial charge in [-0.2, -0.15) is 0 Å². The van der Waals surface area contributed by atoms with Gasteiger partial charge in [0.25, 0.3) is 5.56 Å². The number of aromatic amines is 1. The molecule has 0 spiro atoms. The molecule has 0 saturated heterocycles. The Labute approximate surface area is 108 Å². The van der Waals surface area contributed by atoms with E-state index < -0.39 is 12.0 Å². The topological polar surface area (TPSA) is 75.1 Å². The first-order valence-corrected chi connectivity index (χ1v) is 5.93. The van der Waals surface area contributed by atoms with Gasteiger partial charge in [0.2, 0.25) is 0 Å². The molecule has 0 aliphatic rings. The zero-order valence-corrected chi connectivity index (χ0v) is 10.5. The number of aromatic nitrogens is 2. The predicted octanol–water partition coefficient (Wildman–Crippen LogP) is 2.09. The van der Waals surface area contributed by atoms with Crippen LogP contribution in [0, 0.1) is 4.77 Å². The first-order chi connectivity index (χ1) is 8.56. The van der Waals surface area contributed by atoms with Gasteiger partial charge in [-0.3, -0.25) is 9.78 Å². The van der Waals surface area contributed by atoms with Crippen LogP contribution in [0.1, 0.15) is 19.4 Å². The van der Waals surface area contributed by atoms with E-state index in [1.54, 1.807) is 31.2 Å². The molecule has 1 atom stereocenters. The molecular formula is C12H12N2O3S. The second kappa shape index (κ2) is 4.73. The third kappa shape index (κ3) is 1.95. The van der Waals surface area contributed by atoms with Gasteiger partial charge in [0.05, 0.1) is 10.9 Å². The Morgan fingerprint density at radius 3 is 2.78 bits per heavy atom. The van der Waals surface area contributed by atoms with E-state index in [0.29, 0.717) is 17.3 Å². The molecule has 0 fully saturated rings. The molecule has 18 heavy (non-hydrogen) atoms. The number of benzene rings is 1. The highest BCUT2D eigenvalue weighted by Crippen LogP contribution is 2.18. The van der Waals surface area contributed by atoms with Crippen molar-refractivity contribution in [2.75, 3.05) is 0 Å². The highest BCUT2D eigenvalue weighted by molar-refractivity contribution is 7.71. The van der Waals surface area contributed by atoms with Crippen LogP contribution in [0.4, 0.5) is 0 Å². The Hall–Kier alpha value is -1.95. The van der Waals surface area contributed by atoms with Crippen LogP contribution in [0.2, 0.25) is 0 Å². The Kier molecular flexibility index (Phi) is 3.29. The molecule has 1 aromatic carbocycles. The molecule has 0 saturated carbocycles. The van der Waals surface area contributed by atoms with E-state index in [-0.39, 0.29) is 10.3 Å². The van der Waals surface area contributed by atoms with Gasteiger partial charge in [0.15, 0.2) is 4.77 Å². The zero-order valence-electron chi connectivity index (χ0n) is 9.71. The Bertz CT molecular complexity index is 717. The van der Waals surface area contributed by atoms with Gasteiger partial charge in [-0.15, -0.1) is 0 Å². The lowest BCUT2D eigenvalue weighted by Gasteiger charge is -2.17. The van der Waals surface area contributed by atoms with Gasteiger partial charge < -0.3 is 9.67 Å². The lowest BCUT2D eigenvalue weighted by molar-refractivity contribution is -0.140. The van der Waals surface area contributed by atoms with E-state index in [1.165, 1.54) is 4.57 Å². The Balaban J connectivity index is 2.90. The third-order valence-electron chi connectivity index (χ3n) is 2.83. The predicted molar refractivity (Wildman–Crippen MR) is 70.4 cm³/mol. The normalized spacial score (nSPS) is 12.5. The molecule has 0 aliphatic heterocycles. The van der Waals surface area contributed by atoms with Gasteiger partial charge in [-0.25, -0.2) is 4.79 Å². The molecule has 0 bridgehead atoms. The second-order valence-corrected chi connectivity index (χ2v) is 4.30. The Morgan fingerprint density at radius 1 is 1.50 bits per heavy atom. The van der Waals surface area contributed by atoms with E-state index in [2.05, 4.69) is 4.98 Å². The van der Waals surface area contributed by atoms with E-state index in [0.717, 1.165) is 0 Å². The number of carboxylic acids is 1. The molecule has 0 aliphatic carbocycles. The average molecular weight is 264 g/mol. The first kappa shape index (κ1) is 12.5. The van der Waals surface area contributed by atoms with Crippen molar-refractivity contribution in [1.29, 1.82) is 0 Å². The van der Waals surface area contributed by atoms with Crippen LogP contribution in [0.3, 0.4) is 0 Å². The fraction of sp³-hybridized carbons (Fsp3) is 0.250. The number of hydrogen-bond acceptors (Lipinski definition) is 3. The molecule has 6 heteroatoms. The summed E-state index contributed by atoms with van der Waals surface area (Å²) < 4.78 is 1.61. The largest absolute Gasteiger partial charge is 0.480 e. The number of nitrogens with zero attached hydrogens (tertiary/aromatic N) is 1. The quantitative estimate of drug-likeness (QED) is 0.832. The minimum Gasteiger partial charge on any atom is -0.480 e. The van der Waals surface area contributed by atoms with Crippen molar-refractivity contribution in [1.82, 2.24) is 9.55 Å². The number of fused-ring (bicyclic) bond motifs is 1. The molecule has 0 radical (unpaired) electrons. The van der Waals surface area contributed by atoms with Gasteiger partial charge in [-0.1, -0.05) is 19.1 Å². The number of carbonyl (C=O) groups is 1. The van der Waals surface area contributed by atoms with Crippen LogP contribution in [0.25, 0.3) is 10.9 Å². The van der Waals surface area contributed by atoms with Crippen molar-refractivity contribution in [3.63, 3.8) is 0 Å². The fourth-order valence-corrected chi connectivity index (χ4v) is 2.31. The van der Waals surface area contributed by atoms with Crippen LogP contribution < -0.4 is 5.56 Å². The number of nitrogens with one attached hydrogen (secondary N) is 1. The number of H-pyrrole nitrogens is 1. The lowest BCUT2D eigenvalue weighted by Crippen LogP contribution is -2.23. The lowest BCUT2D eigenvalue weighted by atomic mass is 10.2. The van der Waals surface area contributed by atoms with Gasteiger partial charge >= 0.3 is 5.97 Å². The molecule has 1 heterocycles. The molecular weight excluding hydrogens is 252 g/mol. The van der Waals surface area contributed by atoms with Crippen LogP contribution in [-0.4, -0.2) is 20.6 Å². The van der Waals surface area contributed by atoms with E-state index in [9.17, 15) is 14.7 Å². The smallest absolute Gasteiger partial charge is 0.326 e. The highest BCUT2D eigenvalue weighted by atomic mass is 32.1. The minimum absolute atomic E-state index is 0.132. The summed E-state index contributed by atoms with van der Waals surface area (Å²) in [6.07, 6.45) is 0.389. The number of para-hydroxylation sites is 1. The molecule has 5 nitrogen and oxygen atoms in total. The summed E-state index contributed by atoms with van der Waals surface area (Å²) in [5.41, 5.74) is 0.243. The maximum absolute atomic E-state index is 11.7. The molecule has 1 unspecified atom stereocenters. The Morgan fingerprint density at radius 2 is 2.17 bits per heavy atom. The van der Waals surface area contributed by atoms with Gasteiger partial charge in [0, 0.05) is 0 Å². The number of hydrogen-bond donors (Lipinski definition) is 2. The average Bonchev–Trinajstić information content (AvgIpc) is 2.34. The summed E-state index contributed by atoms with van der Waals surface area (Å²) in [4.78, 5) is 25.5. The molecule has 2 rings (SSSR count). The fourth-order valence-electron chi connectivity index (χ4n) is 1.99. The third-order valence-corrected chi connectivity index (χ3v) is 3.13. The molecule has 2 aromatic rings. The van der Waals surface area contributed by atoms with Crippen molar-refractivity contribution < 1.29 is 9.90 Å². The standard InChI is InChI=1S/C12H12N2O3S/c1-2-8(11(16)17)14-9-6-4-3-5-7(9)10(15)13-12(14)18/h3-6,8H,2H2,1H3,(H,16,17)(H,13,15,18). The molecule has 1 aromatic heterocycles. The van der Waals surface area contributed by atoms with E-state index in [1.807, 2.05) is 0 Å². The van der Waals surface area contributed by atoms with Crippen molar-refractivity contribution in [3.8, 4) is 0 Å². The monoisotopic (exact) mass is 264 g/mol. The summed E-state index contributed by atoms with van der Waals surface area (Å²) in [6.45, 7) is 1.76.